The third kappa shape index (κ3) is 2.95. The summed E-state index contributed by atoms with van der Waals surface area (Å²) >= 11 is 0. The van der Waals surface area contributed by atoms with E-state index in [4.69, 9.17) is 0 Å². The fraction of sp³-hybridized carbons (Fsp3) is 0.800. The van der Waals surface area contributed by atoms with E-state index in [9.17, 15) is 4.79 Å². The highest BCUT2D eigenvalue weighted by molar-refractivity contribution is 5.90. The van der Waals surface area contributed by atoms with Crippen LogP contribution >= 0.6 is 0 Å². The van der Waals surface area contributed by atoms with Crippen LogP contribution in [0.3, 0.4) is 0 Å². The summed E-state index contributed by atoms with van der Waals surface area (Å²) in [6.45, 7) is 4.79. The van der Waals surface area contributed by atoms with E-state index in [0.717, 1.165) is 12.4 Å². The Bertz CT molecular complexity index is 498. The van der Waals surface area contributed by atoms with Gasteiger partial charge < -0.3 is 10.2 Å². The van der Waals surface area contributed by atoms with Crippen LogP contribution in [0, 0.1) is 5.92 Å². The highest BCUT2D eigenvalue weighted by Crippen LogP contribution is 2.36. The molecule has 6 heteroatoms. The van der Waals surface area contributed by atoms with Crippen molar-refractivity contribution < 1.29 is 4.79 Å². The van der Waals surface area contributed by atoms with Crippen LogP contribution in [-0.2, 0) is 0 Å². The van der Waals surface area contributed by atoms with Crippen LogP contribution < -0.4 is 5.32 Å². The zero-order chi connectivity index (χ0) is 15.0. The van der Waals surface area contributed by atoms with E-state index in [2.05, 4.69) is 32.4 Å². The minimum atomic E-state index is -0.163. The van der Waals surface area contributed by atoms with E-state index in [0.29, 0.717) is 18.0 Å². The highest BCUT2D eigenvalue weighted by atomic mass is 16.2. The number of carbonyl (C=O) groups excluding carboxylic acids is 1. The second-order valence-corrected chi connectivity index (χ2v) is 6.80. The van der Waals surface area contributed by atoms with Crippen molar-refractivity contribution in [3.05, 3.63) is 11.6 Å². The lowest BCUT2D eigenvalue weighted by molar-refractivity contribution is 0.0908. The maximum atomic E-state index is 12.1. The highest BCUT2D eigenvalue weighted by Gasteiger charge is 2.38. The van der Waals surface area contributed by atoms with Gasteiger partial charge in [0.1, 0.15) is 5.82 Å². The van der Waals surface area contributed by atoms with Gasteiger partial charge in [-0.15, -0.1) is 5.10 Å². The number of aromatic nitrogens is 3. The first-order valence-corrected chi connectivity index (χ1v) is 7.97. The van der Waals surface area contributed by atoms with Gasteiger partial charge in [0.2, 0.25) is 5.82 Å². The first-order chi connectivity index (χ1) is 10.0. The van der Waals surface area contributed by atoms with Gasteiger partial charge in [-0.1, -0.05) is 13.8 Å². The number of rotatable bonds is 4. The average molecular weight is 291 g/mol. The summed E-state index contributed by atoms with van der Waals surface area (Å²) in [6, 6.07) is 1.42. The monoisotopic (exact) mass is 291 g/mol. The van der Waals surface area contributed by atoms with Gasteiger partial charge in [-0.3, -0.25) is 9.89 Å². The third-order valence-corrected chi connectivity index (χ3v) is 5.00. The van der Waals surface area contributed by atoms with Crippen molar-refractivity contribution in [2.45, 2.75) is 57.5 Å². The molecule has 0 aromatic carbocycles. The Kier molecular flexibility index (Phi) is 3.97. The van der Waals surface area contributed by atoms with Crippen molar-refractivity contribution in [2.24, 2.45) is 5.92 Å². The smallest absolute Gasteiger partial charge is 0.290 e. The molecule has 3 heterocycles. The Hall–Kier alpha value is -1.43. The van der Waals surface area contributed by atoms with Crippen LogP contribution in [0.1, 0.15) is 61.9 Å². The molecule has 21 heavy (non-hydrogen) atoms. The first-order valence-electron chi connectivity index (χ1n) is 7.97. The lowest BCUT2D eigenvalue weighted by Gasteiger charge is -2.36. The fourth-order valence-electron chi connectivity index (χ4n) is 3.64. The van der Waals surface area contributed by atoms with Crippen molar-refractivity contribution >= 4 is 5.91 Å². The predicted molar refractivity (Wildman–Crippen MR) is 80.1 cm³/mol. The van der Waals surface area contributed by atoms with Crippen molar-refractivity contribution in [3.8, 4) is 0 Å². The summed E-state index contributed by atoms with van der Waals surface area (Å²) in [5.41, 5.74) is 0. The zero-order valence-electron chi connectivity index (χ0n) is 13.1. The summed E-state index contributed by atoms with van der Waals surface area (Å²) in [7, 11) is 2.23. The van der Waals surface area contributed by atoms with E-state index in [1.54, 1.807) is 0 Å². The minimum Gasteiger partial charge on any atom is -0.349 e. The first kappa shape index (κ1) is 14.5. The summed E-state index contributed by atoms with van der Waals surface area (Å²) in [5, 5.41) is 9.83. The van der Waals surface area contributed by atoms with Gasteiger partial charge in [0.25, 0.3) is 5.91 Å². The van der Waals surface area contributed by atoms with Gasteiger partial charge in [-0.05, 0) is 38.6 Å². The Morgan fingerprint density at radius 1 is 1.38 bits per heavy atom. The van der Waals surface area contributed by atoms with Crippen LogP contribution in [-0.4, -0.2) is 51.7 Å². The van der Waals surface area contributed by atoms with E-state index in [1.807, 2.05) is 13.8 Å². The summed E-state index contributed by atoms with van der Waals surface area (Å²) in [5.74, 6) is 1.70. The quantitative estimate of drug-likeness (QED) is 0.882. The van der Waals surface area contributed by atoms with Gasteiger partial charge in [-0.2, -0.15) is 0 Å². The van der Waals surface area contributed by atoms with Crippen LogP contribution in [0.5, 0.6) is 0 Å². The number of hydrogen-bond donors (Lipinski definition) is 2. The van der Waals surface area contributed by atoms with Crippen LogP contribution in [0.4, 0.5) is 0 Å². The topological polar surface area (TPSA) is 73.9 Å². The standard InChI is InChI=1S/C15H25N5O/c1-9(2)13-17-14(19-18-13)15(21)16-8-10-6-11-4-5-12(7-10)20(11)3/h9-12H,4-8H2,1-3H3,(H,16,21)(H,17,18,19). The Balaban J connectivity index is 1.52. The molecule has 1 aromatic heterocycles. The third-order valence-electron chi connectivity index (χ3n) is 5.00. The maximum Gasteiger partial charge on any atom is 0.290 e. The van der Waals surface area contributed by atoms with Crippen LogP contribution in [0.25, 0.3) is 0 Å². The molecule has 0 saturated carbocycles. The molecule has 2 bridgehead atoms. The van der Waals surface area contributed by atoms with E-state index >= 15 is 0 Å². The average Bonchev–Trinajstić information content (AvgIpc) is 3.00. The minimum absolute atomic E-state index is 0.163. The Morgan fingerprint density at radius 3 is 2.62 bits per heavy atom. The number of piperidine rings is 1. The number of amides is 1. The molecule has 0 radical (unpaired) electrons. The number of nitrogens with one attached hydrogen (secondary N) is 2. The van der Waals surface area contributed by atoms with Crippen molar-refractivity contribution in [1.29, 1.82) is 0 Å². The second-order valence-electron chi connectivity index (χ2n) is 6.80. The Labute approximate surface area is 125 Å². The molecule has 0 aliphatic carbocycles. The lowest BCUT2D eigenvalue weighted by atomic mass is 9.91. The summed E-state index contributed by atoms with van der Waals surface area (Å²) in [4.78, 5) is 18.9. The normalized spacial score (nSPS) is 29.0. The molecule has 2 N–H and O–H groups in total. The van der Waals surface area contributed by atoms with Crippen molar-refractivity contribution in [1.82, 2.24) is 25.4 Å². The number of nitrogens with zero attached hydrogens (tertiary/aromatic N) is 3. The van der Waals surface area contributed by atoms with Crippen molar-refractivity contribution in [2.75, 3.05) is 13.6 Å². The molecule has 2 fully saturated rings. The molecule has 2 atom stereocenters. The molecule has 2 saturated heterocycles. The summed E-state index contributed by atoms with van der Waals surface area (Å²) < 4.78 is 0. The molecule has 0 spiro atoms. The molecule has 2 aliphatic heterocycles. The number of H-pyrrole nitrogens is 1. The van der Waals surface area contributed by atoms with Gasteiger partial charge in [-0.25, -0.2) is 4.98 Å². The van der Waals surface area contributed by atoms with E-state index < -0.39 is 0 Å². The van der Waals surface area contributed by atoms with Gasteiger partial charge in [0.15, 0.2) is 0 Å². The predicted octanol–water partition coefficient (Wildman–Crippen LogP) is 1.53. The van der Waals surface area contributed by atoms with Crippen molar-refractivity contribution in [3.63, 3.8) is 0 Å². The SMILES string of the molecule is CC(C)c1nc(C(=O)NCC2CC3CCC(C2)N3C)n[nH]1. The molecule has 1 aromatic rings. The second kappa shape index (κ2) is 5.75. The van der Waals surface area contributed by atoms with Crippen LogP contribution in [0.15, 0.2) is 0 Å². The molecule has 2 aliphatic rings. The number of hydrogen-bond acceptors (Lipinski definition) is 4. The number of carbonyl (C=O) groups is 1. The molecule has 2 unspecified atom stereocenters. The molecule has 6 nitrogen and oxygen atoms in total. The van der Waals surface area contributed by atoms with E-state index in [-0.39, 0.29) is 17.6 Å². The maximum absolute atomic E-state index is 12.1. The Morgan fingerprint density at radius 2 is 2.05 bits per heavy atom. The number of fused-ring (bicyclic) bond motifs is 2. The van der Waals surface area contributed by atoms with Gasteiger partial charge >= 0.3 is 0 Å². The largest absolute Gasteiger partial charge is 0.349 e. The van der Waals surface area contributed by atoms with Gasteiger partial charge in [0.05, 0.1) is 0 Å². The number of aromatic amines is 1. The molecule has 1 amide bonds. The van der Waals surface area contributed by atoms with Gasteiger partial charge in [0, 0.05) is 24.5 Å². The molecular weight excluding hydrogens is 266 g/mol. The summed E-state index contributed by atoms with van der Waals surface area (Å²) in [6.07, 6.45) is 5.01. The molecule has 3 rings (SSSR count). The zero-order valence-corrected chi connectivity index (χ0v) is 13.1. The van der Waals surface area contributed by atoms with Crippen LogP contribution in [0.2, 0.25) is 0 Å². The fourth-order valence-corrected chi connectivity index (χ4v) is 3.64. The lowest BCUT2D eigenvalue weighted by Crippen LogP contribution is -2.43. The molecular formula is C15H25N5O. The van der Waals surface area contributed by atoms with E-state index in [1.165, 1.54) is 25.7 Å². The molecule has 116 valence electrons.